The Labute approximate surface area is 435 Å². The van der Waals surface area contributed by atoms with E-state index in [4.69, 9.17) is 13.3 Å². The summed E-state index contributed by atoms with van der Waals surface area (Å²) >= 11 is 0. The van der Waals surface area contributed by atoms with Crippen LogP contribution in [-0.2, 0) is 16.2 Å². The Morgan fingerprint density at radius 3 is 1.57 bits per heavy atom. The first-order valence-electron chi connectivity index (χ1n) is 26.5. The number of fused-ring (bicyclic) bond motifs is 20. The summed E-state index contributed by atoms with van der Waals surface area (Å²) in [7, 11) is 0. The second kappa shape index (κ2) is 14.4. The quantitative estimate of drug-likeness (QED) is 0.176. The number of hydrogen-bond donors (Lipinski definition) is 0. The SMILES string of the molecule is Cc1ccc(-c2cc3c(c4c2oc2ccccc24)-c2ccc(N(c4ccc5c(c4)C(C)(C)c4cc6c(cc4-5)C(C)(C)c4ccc5oc7ccccc7c5c4-6)c4ccc5c(c4)oc4ccccc45)cc2C3(C)C)c(C)c1. The number of nitrogens with zero attached hydrogens (tertiary/aromatic N) is 1. The fourth-order valence-corrected chi connectivity index (χ4v) is 14.2. The summed E-state index contributed by atoms with van der Waals surface area (Å²) < 4.78 is 20.0. The van der Waals surface area contributed by atoms with Crippen LogP contribution in [0.5, 0.6) is 0 Å². The van der Waals surface area contributed by atoms with Crippen molar-refractivity contribution in [2.75, 3.05) is 4.90 Å². The monoisotopic (exact) mass is 967 g/mol. The molecule has 16 rings (SSSR count). The standard InChI is InChI=1S/C71H53NO3/c1-38-21-25-43(39(2)31-38)51-36-58-64(67-49-17-11-14-20-61(49)75-68(51)67)47-28-24-41(33-55(47)71(58,7)8)72(42-23-27-46-45-15-9-12-18-59(45)74-63(46)34-42)40-22-26-44-50-35-57-52(37-56(50)70(5,6)54(44)32-40)65-53(69(57,3)4)29-30-62-66(65)48-16-10-13-19-60(48)73-62/h9-37H,1-8H3. The maximum Gasteiger partial charge on any atom is 0.143 e. The maximum atomic E-state index is 6.90. The summed E-state index contributed by atoms with van der Waals surface area (Å²) in [5.41, 5.74) is 28.5. The van der Waals surface area contributed by atoms with E-state index in [1.54, 1.807) is 0 Å². The summed E-state index contributed by atoms with van der Waals surface area (Å²) in [5, 5.41) is 6.95. The van der Waals surface area contributed by atoms with Crippen molar-refractivity contribution in [2.45, 2.75) is 71.6 Å². The van der Waals surface area contributed by atoms with E-state index >= 15 is 0 Å². The van der Waals surface area contributed by atoms with Gasteiger partial charge in [0, 0.05) is 77.3 Å². The van der Waals surface area contributed by atoms with Crippen molar-refractivity contribution in [2.24, 2.45) is 0 Å². The van der Waals surface area contributed by atoms with Gasteiger partial charge in [-0.3, -0.25) is 0 Å². The number of anilines is 3. The third-order valence-corrected chi connectivity index (χ3v) is 18.0. The van der Waals surface area contributed by atoms with Gasteiger partial charge in [-0.15, -0.1) is 0 Å². The molecule has 75 heavy (non-hydrogen) atoms. The van der Waals surface area contributed by atoms with Crippen molar-refractivity contribution in [1.29, 1.82) is 0 Å². The zero-order valence-electron chi connectivity index (χ0n) is 43.4. The topological polar surface area (TPSA) is 42.7 Å². The average Bonchev–Trinajstić information content (AvgIpc) is 4.28. The van der Waals surface area contributed by atoms with Crippen LogP contribution in [0.15, 0.2) is 189 Å². The van der Waals surface area contributed by atoms with E-state index in [0.29, 0.717) is 0 Å². The van der Waals surface area contributed by atoms with E-state index < -0.39 is 0 Å². The van der Waals surface area contributed by atoms with Crippen LogP contribution in [-0.4, -0.2) is 0 Å². The summed E-state index contributed by atoms with van der Waals surface area (Å²) in [5.74, 6) is 0. The van der Waals surface area contributed by atoms with Crippen LogP contribution >= 0.6 is 0 Å². The minimum atomic E-state index is -0.336. The minimum Gasteiger partial charge on any atom is -0.456 e. The summed E-state index contributed by atoms with van der Waals surface area (Å²) in [6, 6.07) is 65.2. The van der Waals surface area contributed by atoms with E-state index in [0.717, 1.165) is 72.3 Å². The van der Waals surface area contributed by atoms with E-state index in [1.807, 2.05) is 6.07 Å². The van der Waals surface area contributed by atoms with Crippen molar-refractivity contribution < 1.29 is 13.3 Å². The Hall–Kier alpha value is -8.60. The molecule has 0 spiro atoms. The van der Waals surface area contributed by atoms with Gasteiger partial charge in [0.25, 0.3) is 0 Å². The molecule has 4 nitrogen and oxygen atoms in total. The number of aryl methyl sites for hydroxylation is 2. The predicted octanol–water partition coefficient (Wildman–Crippen LogP) is 20.1. The Morgan fingerprint density at radius 1 is 0.320 bits per heavy atom. The summed E-state index contributed by atoms with van der Waals surface area (Å²) in [6.07, 6.45) is 0. The number of benzene rings is 10. The van der Waals surface area contributed by atoms with Gasteiger partial charge in [0.15, 0.2) is 0 Å². The third-order valence-electron chi connectivity index (χ3n) is 18.0. The van der Waals surface area contributed by atoms with Crippen LogP contribution in [0.3, 0.4) is 0 Å². The van der Waals surface area contributed by atoms with Crippen LogP contribution in [0.4, 0.5) is 17.1 Å². The molecule has 0 N–H and O–H groups in total. The molecule has 13 aromatic rings. The van der Waals surface area contributed by atoms with Gasteiger partial charge in [-0.2, -0.15) is 0 Å². The third kappa shape index (κ3) is 5.56. The number of furan rings is 3. The van der Waals surface area contributed by atoms with Gasteiger partial charge in [0.2, 0.25) is 0 Å². The van der Waals surface area contributed by atoms with E-state index in [1.165, 1.54) is 99.6 Å². The Morgan fingerprint density at radius 2 is 0.827 bits per heavy atom. The van der Waals surface area contributed by atoms with Crippen molar-refractivity contribution in [1.82, 2.24) is 0 Å². The molecule has 0 saturated heterocycles. The Balaban J connectivity index is 0.886. The summed E-state index contributed by atoms with van der Waals surface area (Å²) in [4.78, 5) is 2.45. The molecule has 0 fully saturated rings. The van der Waals surface area contributed by atoms with Gasteiger partial charge >= 0.3 is 0 Å². The lowest BCUT2D eigenvalue weighted by atomic mass is 9.79. The van der Waals surface area contributed by atoms with E-state index in [-0.39, 0.29) is 16.2 Å². The molecule has 3 aromatic heterocycles. The fraction of sp³-hybridized carbons (Fsp3) is 0.155. The smallest absolute Gasteiger partial charge is 0.143 e. The van der Waals surface area contributed by atoms with Crippen LogP contribution in [0.2, 0.25) is 0 Å². The highest BCUT2D eigenvalue weighted by atomic mass is 16.3. The highest BCUT2D eigenvalue weighted by Gasteiger charge is 2.44. The van der Waals surface area contributed by atoms with Crippen molar-refractivity contribution in [3.05, 3.63) is 220 Å². The number of para-hydroxylation sites is 3. The fourth-order valence-electron chi connectivity index (χ4n) is 14.2. The molecule has 3 heterocycles. The van der Waals surface area contributed by atoms with Gasteiger partial charge in [-0.25, -0.2) is 0 Å². The maximum absolute atomic E-state index is 6.90. The van der Waals surface area contributed by atoms with Crippen molar-refractivity contribution in [3.63, 3.8) is 0 Å². The van der Waals surface area contributed by atoms with Crippen molar-refractivity contribution >= 4 is 82.9 Å². The molecule has 0 saturated carbocycles. The first kappa shape index (κ1) is 42.9. The van der Waals surface area contributed by atoms with Crippen LogP contribution in [0.25, 0.3) is 110 Å². The molecule has 4 heteroatoms. The second-order valence-electron chi connectivity index (χ2n) is 23.3. The van der Waals surface area contributed by atoms with Gasteiger partial charge in [-0.05, 0) is 171 Å². The summed E-state index contributed by atoms with van der Waals surface area (Å²) in [6.45, 7) is 18.8. The molecule has 0 aliphatic heterocycles. The molecule has 0 atom stereocenters. The lowest BCUT2D eigenvalue weighted by Gasteiger charge is -2.29. The zero-order valence-corrected chi connectivity index (χ0v) is 43.4. The van der Waals surface area contributed by atoms with Gasteiger partial charge in [-0.1, -0.05) is 138 Å². The van der Waals surface area contributed by atoms with Gasteiger partial charge in [0.05, 0.1) is 0 Å². The second-order valence-corrected chi connectivity index (χ2v) is 23.3. The first-order valence-corrected chi connectivity index (χ1v) is 26.5. The lowest BCUT2D eigenvalue weighted by molar-refractivity contribution is 0.651. The highest BCUT2D eigenvalue weighted by Crippen LogP contribution is 2.60. The zero-order chi connectivity index (χ0) is 50.6. The molecular formula is C71H53NO3. The molecule has 0 bridgehead atoms. The molecule has 10 aromatic carbocycles. The van der Waals surface area contributed by atoms with E-state index in [9.17, 15) is 0 Å². The van der Waals surface area contributed by atoms with Crippen molar-refractivity contribution in [3.8, 4) is 44.5 Å². The predicted molar refractivity (Wildman–Crippen MR) is 311 cm³/mol. The van der Waals surface area contributed by atoms with Gasteiger partial charge < -0.3 is 18.2 Å². The molecular weight excluding hydrogens is 915 g/mol. The highest BCUT2D eigenvalue weighted by molar-refractivity contribution is 6.19. The molecule has 0 unspecified atom stereocenters. The largest absolute Gasteiger partial charge is 0.456 e. The molecule has 360 valence electrons. The van der Waals surface area contributed by atoms with Crippen LogP contribution in [0.1, 0.15) is 86.1 Å². The van der Waals surface area contributed by atoms with E-state index in [2.05, 4.69) is 230 Å². The molecule has 3 aliphatic rings. The Bertz CT molecular complexity index is 4720. The van der Waals surface area contributed by atoms with Crippen LogP contribution < -0.4 is 4.90 Å². The average molecular weight is 968 g/mol. The molecule has 0 radical (unpaired) electrons. The normalized spacial score (nSPS) is 15.3. The van der Waals surface area contributed by atoms with Gasteiger partial charge in [0.1, 0.15) is 33.5 Å². The number of rotatable bonds is 4. The number of hydrogen-bond acceptors (Lipinski definition) is 4. The molecule has 3 aliphatic carbocycles. The van der Waals surface area contributed by atoms with Crippen LogP contribution in [0, 0.1) is 13.8 Å². The minimum absolute atomic E-state index is 0.191. The Kier molecular flexibility index (Phi) is 8.21. The lowest BCUT2D eigenvalue weighted by Crippen LogP contribution is -2.18. The first-order chi connectivity index (χ1) is 36.3. The molecule has 0 amide bonds.